The molecular formula is C13H18Cl2N2O3. The number of benzene rings is 1. The van der Waals surface area contributed by atoms with Gasteiger partial charge >= 0.3 is 0 Å². The van der Waals surface area contributed by atoms with Gasteiger partial charge in [0.05, 0.1) is 13.2 Å². The van der Waals surface area contributed by atoms with E-state index in [1.807, 2.05) is 12.1 Å². The van der Waals surface area contributed by atoms with Crippen molar-refractivity contribution in [3.63, 3.8) is 0 Å². The van der Waals surface area contributed by atoms with Crippen LogP contribution in [-0.4, -0.2) is 44.9 Å². The number of nitrogens with one attached hydrogen (secondary N) is 2. The maximum atomic E-state index is 11.7. The second kappa shape index (κ2) is 9.02. The summed E-state index contributed by atoms with van der Waals surface area (Å²) in [5.41, 5.74) is 0. The molecule has 1 saturated heterocycles. The molecule has 0 aromatic heterocycles. The lowest BCUT2D eigenvalue weighted by Crippen LogP contribution is -2.48. The second-order valence-electron chi connectivity index (χ2n) is 4.16. The van der Waals surface area contributed by atoms with Gasteiger partial charge in [0.1, 0.15) is 18.5 Å². The normalized spacial score (nSPS) is 17.9. The molecule has 112 valence electrons. The number of halogens is 2. The number of carbonyl (C=O) groups is 1. The van der Waals surface area contributed by atoms with Crippen LogP contribution in [0.25, 0.3) is 0 Å². The zero-order valence-electron chi connectivity index (χ0n) is 10.9. The van der Waals surface area contributed by atoms with Crippen LogP contribution in [-0.2, 0) is 9.53 Å². The number of carbonyl (C=O) groups excluding carboxylic acids is 1. The van der Waals surface area contributed by atoms with Crippen LogP contribution in [0.5, 0.6) is 5.75 Å². The Kier molecular flexibility index (Phi) is 7.69. The number of amides is 1. The molecule has 2 N–H and O–H groups in total. The summed E-state index contributed by atoms with van der Waals surface area (Å²) in [6.45, 7) is 2.75. The molecule has 1 aliphatic rings. The molecule has 0 saturated carbocycles. The fourth-order valence-corrected chi connectivity index (χ4v) is 1.93. The van der Waals surface area contributed by atoms with Gasteiger partial charge in [-0.1, -0.05) is 17.7 Å². The molecule has 1 aromatic carbocycles. The number of rotatable bonds is 5. The van der Waals surface area contributed by atoms with Gasteiger partial charge in [-0.2, -0.15) is 0 Å². The van der Waals surface area contributed by atoms with Gasteiger partial charge in [0, 0.05) is 18.1 Å². The molecule has 0 radical (unpaired) electrons. The van der Waals surface area contributed by atoms with Crippen molar-refractivity contribution in [3.05, 3.63) is 29.3 Å². The SMILES string of the molecule is Cl.O=C(NCCOc1cccc(Cl)c1)C1CNCCO1. The van der Waals surface area contributed by atoms with Crippen molar-refractivity contribution in [2.24, 2.45) is 0 Å². The first-order valence-electron chi connectivity index (χ1n) is 6.24. The first-order chi connectivity index (χ1) is 9.25. The summed E-state index contributed by atoms with van der Waals surface area (Å²) >= 11 is 5.84. The van der Waals surface area contributed by atoms with Crippen LogP contribution in [0, 0.1) is 0 Å². The second-order valence-corrected chi connectivity index (χ2v) is 4.60. The highest BCUT2D eigenvalue weighted by Gasteiger charge is 2.20. The van der Waals surface area contributed by atoms with Crippen LogP contribution >= 0.6 is 24.0 Å². The molecule has 7 heteroatoms. The van der Waals surface area contributed by atoms with Gasteiger partial charge < -0.3 is 20.1 Å². The van der Waals surface area contributed by atoms with Gasteiger partial charge in [-0.05, 0) is 18.2 Å². The maximum absolute atomic E-state index is 11.7. The van der Waals surface area contributed by atoms with E-state index in [9.17, 15) is 4.79 Å². The Hall–Kier alpha value is -1.01. The molecule has 20 heavy (non-hydrogen) atoms. The van der Waals surface area contributed by atoms with Crippen LogP contribution in [0.4, 0.5) is 0 Å². The minimum Gasteiger partial charge on any atom is -0.492 e. The number of ether oxygens (including phenoxy) is 2. The largest absolute Gasteiger partial charge is 0.492 e. The van der Waals surface area contributed by atoms with Gasteiger partial charge in [0.15, 0.2) is 0 Å². The first-order valence-corrected chi connectivity index (χ1v) is 6.62. The monoisotopic (exact) mass is 320 g/mol. The predicted octanol–water partition coefficient (Wildman–Crippen LogP) is 1.25. The highest BCUT2D eigenvalue weighted by Crippen LogP contribution is 2.16. The highest BCUT2D eigenvalue weighted by atomic mass is 35.5. The summed E-state index contributed by atoms with van der Waals surface area (Å²) in [5.74, 6) is 0.583. The topological polar surface area (TPSA) is 59.6 Å². The lowest BCUT2D eigenvalue weighted by atomic mass is 10.3. The summed E-state index contributed by atoms with van der Waals surface area (Å²) < 4.78 is 10.8. The number of hydrogen-bond donors (Lipinski definition) is 2. The predicted molar refractivity (Wildman–Crippen MR) is 79.8 cm³/mol. The zero-order chi connectivity index (χ0) is 13.5. The van der Waals surface area contributed by atoms with Gasteiger partial charge in [-0.3, -0.25) is 4.79 Å². The van der Waals surface area contributed by atoms with E-state index in [1.165, 1.54) is 0 Å². The molecule has 0 bridgehead atoms. The van der Waals surface area contributed by atoms with E-state index < -0.39 is 6.10 Å². The third-order valence-electron chi connectivity index (χ3n) is 2.69. The Bertz CT molecular complexity index is 426. The highest BCUT2D eigenvalue weighted by molar-refractivity contribution is 6.30. The minimum atomic E-state index is -0.403. The Morgan fingerprint density at radius 2 is 2.40 bits per heavy atom. The molecule has 1 aliphatic heterocycles. The van der Waals surface area contributed by atoms with E-state index in [2.05, 4.69) is 10.6 Å². The van der Waals surface area contributed by atoms with E-state index in [4.69, 9.17) is 21.1 Å². The molecule has 5 nitrogen and oxygen atoms in total. The van der Waals surface area contributed by atoms with Crippen molar-refractivity contribution in [1.82, 2.24) is 10.6 Å². The molecule has 1 fully saturated rings. The van der Waals surface area contributed by atoms with Crippen molar-refractivity contribution < 1.29 is 14.3 Å². The van der Waals surface area contributed by atoms with E-state index in [1.54, 1.807) is 12.1 Å². The maximum Gasteiger partial charge on any atom is 0.250 e. The third-order valence-corrected chi connectivity index (χ3v) is 2.92. The standard InChI is InChI=1S/C13H17ClN2O3.ClH/c14-10-2-1-3-11(8-10)18-7-5-16-13(17)12-9-15-4-6-19-12;/h1-3,8,12,15H,4-7,9H2,(H,16,17);1H. The average molecular weight is 321 g/mol. The lowest BCUT2D eigenvalue weighted by Gasteiger charge is -2.22. The van der Waals surface area contributed by atoms with E-state index in [0.717, 1.165) is 6.54 Å². The number of morpholine rings is 1. The van der Waals surface area contributed by atoms with Gasteiger partial charge in [-0.25, -0.2) is 0 Å². The van der Waals surface area contributed by atoms with Crippen LogP contribution < -0.4 is 15.4 Å². The van der Waals surface area contributed by atoms with Crippen LogP contribution in [0.2, 0.25) is 5.02 Å². The molecule has 0 spiro atoms. The van der Waals surface area contributed by atoms with Crippen molar-refractivity contribution in [2.75, 3.05) is 32.8 Å². The van der Waals surface area contributed by atoms with Crippen LogP contribution in [0.3, 0.4) is 0 Å². The Labute approximate surface area is 129 Å². The molecule has 1 unspecified atom stereocenters. The fraction of sp³-hybridized carbons (Fsp3) is 0.462. The summed E-state index contributed by atoms with van der Waals surface area (Å²) in [5, 5.41) is 6.51. The summed E-state index contributed by atoms with van der Waals surface area (Å²) in [4.78, 5) is 11.7. The van der Waals surface area contributed by atoms with Gasteiger partial charge in [0.25, 0.3) is 5.91 Å². The molecule has 2 rings (SSSR count). The Morgan fingerprint density at radius 1 is 1.55 bits per heavy atom. The fourth-order valence-electron chi connectivity index (χ4n) is 1.75. The molecular weight excluding hydrogens is 303 g/mol. The summed E-state index contributed by atoms with van der Waals surface area (Å²) in [7, 11) is 0. The van der Waals surface area contributed by atoms with Gasteiger partial charge in [0.2, 0.25) is 0 Å². The van der Waals surface area contributed by atoms with Crippen molar-refractivity contribution in [3.8, 4) is 5.75 Å². The summed E-state index contributed by atoms with van der Waals surface area (Å²) in [6, 6.07) is 7.15. The molecule has 0 aliphatic carbocycles. The molecule has 1 aromatic rings. The van der Waals surface area contributed by atoms with Crippen molar-refractivity contribution in [1.29, 1.82) is 0 Å². The van der Waals surface area contributed by atoms with Crippen molar-refractivity contribution >= 4 is 29.9 Å². The number of hydrogen-bond acceptors (Lipinski definition) is 4. The van der Waals surface area contributed by atoms with E-state index >= 15 is 0 Å². The Balaban J connectivity index is 0.00000200. The van der Waals surface area contributed by atoms with Crippen LogP contribution in [0.15, 0.2) is 24.3 Å². The van der Waals surface area contributed by atoms with E-state index in [0.29, 0.717) is 37.1 Å². The van der Waals surface area contributed by atoms with Gasteiger partial charge in [-0.15, -0.1) is 12.4 Å². The first kappa shape index (κ1) is 17.0. The zero-order valence-corrected chi connectivity index (χ0v) is 12.5. The average Bonchev–Trinajstić information content (AvgIpc) is 2.44. The third kappa shape index (κ3) is 5.54. The lowest BCUT2D eigenvalue weighted by molar-refractivity contribution is -0.134. The quantitative estimate of drug-likeness (QED) is 0.802. The Morgan fingerprint density at radius 3 is 3.10 bits per heavy atom. The minimum absolute atomic E-state index is 0. The molecule has 1 heterocycles. The summed E-state index contributed by atoms with van der Waals surface area (Å²) in [6.07, 6.45) is -0.403. The molecule has 1 amide bonds. The smallest absolute Gasteiger partial charge is 0.250 e. The van der Waals surface area contributed by atoms with Crippen LogP contribution in [0.1, 0.15) is 0 Å². The molecule has 1 atom stereocenters. The van der Waals surface area contributed by atoms with E-state index in [-0.39, 0.29) is 18.3 Å². The van der Waals surface area contributed by atoms with Crippen molar-refractivity contribution in [2.45, 2.75) is 6.10 Å².